The average Bonchev–Trinajstić information content (AvgIpc) is 2.52. The number of carbonyl (C=O) groups excluding carboxylic acids is 1. The molecule has 0 fully saturated rings. The topological polar surface area (TPSA) is 76.7 Å². The van der Waals surface area contributed by atoms with Gasteiger partial charge in [-0.15, -0.1) is 0 Å². The van der Waals surface area contributed by atoms with Gasteiger partial charge in [0.15, 0.2) is 0 Å². The van der Waals surface area contributed by atoms with Crippen LogP contribution in [0.3, 0.4) is 0 Å². The van der Waals surface area contributed by atoms with Crippen LogP contribution in [-0.4, -0.2) is 18.2 Å². The third-order valence-electron chi connectivity index (χ3n) is 3.07. The monoisotopic (exact) mass is 389 g/mol. The second kappa shape index (κ2) is 8.49. The molecule has 126 valence electrons. The molecule has 0 heterocycles. The molecule has 0 spiro atoms. The minimum Gasteiger partial charge on any atom is -0.490 e. The van der Waals surface area contributed by atoms with Gasteiger partial charge >= 0.3 is 0 Å². The zero-order chi connectivity index (χ0) is 17.5. The van der Waals surface area contributed by atoms with Gasteiger partial charge in [0.25, 0.3) is 0 Å². The number of nitrogen functional groups attached to an aromatic ring is 1. The van der Waals surface area contributed by atoms with E-state index >= 15 is 0 Å². The van der Waals surface area contributed by atoms with Gasteiger partial charge in [0.2, 0.25) is 5.91 Å². The van der Waals surface area contributed by atoms with Crippen molar-refractivity contribution in [3.05, 3.63) is 58.1 Å². The highest BCUT2D eigenvalue weighted by molar-refractivity contribution is 9.10. The van der Waals surface area contributed by atoms with Gasteiger partial charge in [0.1, 0.15) is 5.75 Å². The number of halogens is 1. The number of rotatable bonds is 6. The van der Waals surface area contributed by atoms with E-state index in [1.807, 2.05) is 44.2 Å². The summed E-state index contributed by atoms with van der Waals surface area (Å²) in [7, 11) is 0. The molecule has 0 aliphatic heterocycles. The van der Waals surface area contributed by atoms with Crippen LogP contribution in [0.2, 0.25) is 0 Å². The molecule has 2 aromatic rings. The van der Waals surface area contributed by atoms with Gasteiger partial charge in [-0.3, -0.25) is 4.79 Å². The lowest BCUT2D eigenvalue weighted by molar-refractivity contribution is -0.120. The Bertz CT molecular complexity index is 728. The van der Waals surface area contributed by atoms with E-state index in [2.05, 4.69) is 26.5 Å². The number of nitrogens with one attached hydrogen (secondary N) is 1. The molecule has 0 unspecified atom stereocenters. The van der Waals surface area contributed by atoms with Gasteiger partial charge in [-0.05, 0) is 71.2 Å². The van der Waals surface area contributed by atoms with Crippen molar-refractivity contribution in [3.63, 3.8) is 0 Å². The van der Waals surface area contributed by atoms with Crippen LogP contribution in [0.5, 0.6) is 5.75 Å². The first-order valence-electron chi connectivity index (χ1n) is 7.56. The number of hydrogen-bond acceptors (Lipinski definition) is 4. The molecule has 3 N–H and O–H groups in total. The Balaban J connectivity index is 1.90. The molecule has 0 bridgehead atoms. The lowest BCUT2D eigenvalue weighted by Gasteiger charge is -2.11. The van der Waals surface area contributed by atoms with Gasteiger partial charge in [-0.1, -0.05) is 12.1 Å². The van der Waals surface area contributed by atoms with E-state index < -0.39 is 0 Å². The summed E-state index contributed by atoms with van der Waals surface area (Å²) < 4.78 is 6.49. The number of carbonyl (C=O) groups is 1. The summed E-state index contributed by atoms with van der Waals surface area (Å²) in [4.78, 5) is 11.8. The Morgan fingerprint density at radius 3 is 2.62 bits per heavy atom. The third kappa shape index (κ3) is 5.70. The van der Waals surface area contributed by atoms with E-state index in [-0.39, 0.29) is 18.4 Å². The first kappa shape index (κ1) is 18.0. The van der Waals surface area contributed by atoms with Gasteiger partial charge in [0.05, 0.1) is 23.2 Å². The fourth-order valence-electron chi connectivity index (χ4n) is 1.99. The van der Waals surface area contributed by atoms with Crippen molar-refractivity contribution in [2.75, 3.05) is 5.73 Å². The van der Waals surface area contributed by atoms with Crippen molar-refractivity contribution in [2.45, 2.75) is 26.4 Å². The molecule has 0 radical (unpaired) electrons. The smallest absolute Gasteiger partial charge is 0.244 e. The number of nitrogens with zero attached hydrogens (tertiary/aromatic N) is 1. The molecule has 0 aliphatic carbocycles. The minimum atomic E-state index is -0.185. The van der Waals surface area contributed by atoms with E-state index in [1.165, 1.54) is 0 Å². The maximum Gasteiger partial charge on any atom is 0.244 e. The lowest BCUT2D eigenvalue weighted by atomic mass is 10.1. The molecule has 0 aliphatic rings. The molecular formula is C18H20BrN3O2. The Morgan fingerprint density at radius 1 is 1.29 bits per heavy atom. The Kier molecular flexibility index (Phi) is 6.37. The summed E-state index contributed by atoms with van der Waals surface area (Å²) in [5, 5.41) is 3.98. The molecule has 5 nitrogen and oxygen atoms in total. The summed E-state index contributed by atoms with van der Waals surface area (Å²) >= 11 is 3.46. The molecule has 2 aromatic carbocycles. The summed E-state index contributed by atoms with van der Waals surface area (Å²) in [5.74, 6) is 0.587. The molecule has 6 heteroatoms. The maximum atomic E-state index is 11.8. The predicted octanol–water partition coefficient (Wildman–Crippen LogP) is 3.51. The van der Waals surface area contributed by atoms with Gasteiger partial charge in [-0.2, -0.15) is 5.10 Å². The van der Waals surface area contributed by atoms with Crippen LogP contribution in [0.1, 0.15) is 25.0 Å². The van der Waals surface area contributed by atoms with Crippen molar-refractivity contribution < 1.29 is 9.53 Å². The van der Waals surface area contributed by atoms with Crippen molar-refractivity contribution in [2.24, 2.45) is 5.10 Å². The van der Waals surface area contributed by atoms with Gasteiger partial charge in [0, 0.05) is 5.69 Å². The highest BCUT2D eigenvalue weighted by Gasteiger charge is 2.04. The van der Waals surface area contributed by atoms with E-state index in [0.29, 0.717) is 5.69 Å². The van der Waals surface area contributed by atoms with E-state index in [0.717, 1.165) is 21.3 Å². The molecule has 24 heavy (non-hydrogen) atoms. The van der Waals surface area contributed by atoms with E-state index in [4.69, 9.17) is 10.5 Å². The summed E-state index contributed by atoms with van der Waals surface area (Å²) in [6, 6.07) is 12.8. The molecule has 0 saturated carbocycles. The average molecular weight is 390 g/mol. The largest absolute Gasteiger partial charge is 0.490 e. The lowest BCUT2D eigenvalue weighted by Crippen LogP contribution is -2.19. The first-order valence-corrected chi connectivity index (χ1v) is 8.36. The number of hydrogen-bond donors (Lipinski definition) is 2. The van der Waals surface area contributed by atoms with Crippen molar-refractivity contribution >= 4 is 33.7 Å². The van der Waals surface area contributed by atoms with Crippen molar-refractivity contribution in [1.82, 2.24) is 5.43 Å². The second-order valence-electron chi connectivity index (χ2n) is 5.57. The summed E-state index contributed by atoms with van der Waals surface area (Å²) in [6.07, 6.45) is 1.95. The third-order valence-corrected chi connectivity index (χ3v) is 3.69. The van der Waals surface area contributed by atoms with Crippen LogP contribution >= 0.6 is 15.9 Å². The molecular weight excluding hydrogens is 370 g/mol. The fraction of sp³-hybridized carbons (Fsp3) is 0.222. The van der Waals surface area contributed by atoms with Crippen LogP contribution in [0.15, 0.2) is 52.0 Å². The Labute approximate surface area is 150 Å². The number of benzene rings is 2. The predicted molar refractivity (Wildman–Crippen MR) is 100 cm³/mol. The van der Waals surface area contributed by atoms with E-state index in [9.17, 15) is 4.79 Å². The standard InChI is InChI=1S/C18H20BrN3O2/c1-12(2)24-17-8-5-14(9-16(17)19)11-21-22-18(23)10-13-3-6-15(20)7-4-13/h3-9,11-12H,10,20H2,1-2H3,(H,22,23)/b21-11-. The van der Waals surface area contributed by atoms with Crippen molar-refractivity contribution in [3.8, 4) is 5.75 Å². The first-order chi connectivity index (χ1) is 11.4. The number of anilines is 1. The maximum absolute atomic E-state index is 11.8. The molecule has 1 amide bonds. The van der Waals surface area contributed by atoms with Crippen LogP contribution < -0.4 is 15.9 Å². The van der Waals surface area contributed by atoms with Crippen molar-refractivity contribution in [1.29, 1.82) is 0 Å². The van der Waals surface area contributed by atoms with Gasteiger partial charge < -0.3 is 10.5 Å². The summed E-state index contributed by atoms with van der Waals surface area (Å²) in [6.45, 7) is 3.94. The zero-order valence-electron chi connectivity index (χ0n) is 13.6. The van der Waals surface area contributed by atoms with Crippen LogP contribution in [0, 0.1) is 0 Å². The number of hydrazone groups is 1. The van der Waals surface area contributed by atoms with Crippen LogP contribution in [-0.2, 0) is 11.2 Å². The molecule has 0 aromatic heterocycles. The summed E-state index contributed by atoms with van der Waals surface area (Å²) in [5.41, 5.74) is 10.5. The molecule has 2 rings (SSSR count). The highest BCUT2D eigenvalue weighted by atomic mass is 79.9. The Hall–Kier alpha value is -2.34. The normalized spacial score (nSPS) is 11.0. The van der Waals surface area contributed by atoms with E-state index in [1.54, 1.807) is 18.3 Å². The second-order valence-corrected chi connectivity index (χ2v) is 6.42. The van der Waals surface area contributed by atoms with Crippen LogP contribution in [0.4, 0.5) is 5.69 Å². The fourth-order valence-corrected chi connectivity index (χ4v) is 2.48. The minimum absolute atomic E-state index is 0.105. The quantitative estimate of drug-likeness (QED) is 0.450. The Morgan fingerprint density at radius 2 is 2.00 bits per heavy atom. The zero-order valence-corrected chi connectivity index (χ0v) is 15.2. The molecule has 0 atom stereocenters. The SMILES string of the molecule is CC(C)Oc1ccc(/C=N\NC(=O)Cc2ccc(N)cc2)cc1Br. The van der Waals surface area contributed by atoms with Gasteiger partial charge in [-0.25, -0.2) is 5.43 Å². The molecule has 0 saturated heterocycles. The highest BCUT2D eigenvalue weighted by Crippen LogP contribution is 2.26. The number of ether oxygens (including phenoxy) is 1. The number of nitrogens with two attached hydrogens (primary N) is 1. The van der Waals surface area contributed by atoms with Crippen LogP contribution in [0.25, 0.3) is 0 Å². The number of amides is 1.